The van der Waals surface area contributed by atoms with Crippen molar-refractivity contribution in [2.75, 3.05) is 6.54 Å². The molecule has 3 rings (SSSR count). The molecule has 152 valence electrons. The van der Waals surface area contributed by atoms with Crippen LogP contribution in [0, 0.1) is 31.4 Å². The molecule has 1 N–H and O–H groups in total. The first-order chi connectivity index (χ1) is 13.7. The standard InChI is InChI=1S/C22H22F2N2O3/c1-4-25-18(28)8-14-7-17(27)20(22(14)29)19-11(2)5-13(6-12(19)3)21-16(24)9-15(23)10-26-21/h5-6,9-10,14,20H,4,7-8H2,1-3H3,(H,25,28). The van der Waals surface area contributed by atoms with Crippen LogP contribution in [0.2, 0.25) is 0 Å². The number of Topliss-reactive ketones (excluding diaryl/α,β-unsaturated/α-hetero) is 2. The number of benzene rings is 1. The van der Waals surface area contributed by atoms with E-state index in [-0.39, 0.29) is 36.0 Å². The van der Waals surface area contributed by atoms with Crippen molar-refractivity contribution in [3.05, 3.63) is 52.7 Å². The largest absolute Gasteiger partial charge is 0.356 e. The van der Waals surface area contributed by atoms with Crippen LogP contribution in [0.1, 0.15) is 42.4 Å². The van der Waals surface area contributed by atoms with E-state index in [0.29, 0.717) is 28.8 Å². The van der Waals surface area contributed by atoms with Crippen LogP contribution >= 0.6 is 0 Å². The molecule has 2 atom stereocenters. The molecule has 1 aliphatic rings. The van der Waals surface area contributed by atoms with Gasteiger partial charge in [-0.1, -0.05) is 0 Å². The quantitative estimate of drug-likeness (QED) is 0.781. The summed E-state index contributed by atoms with van der Waals surface area (Å²) < 4.78 is 27.3. The summed E-state index contributed by atoms with van der Waals surface area (Å²) in [5.74, 6) is -3.83. The van der Waals surface area contributed by atoms with Crippen LogP contribution in [0.4, 0.5) is 8.78 Å². The zero-order valence-electron chi connectivity index (χ0n) is 16.5. The molecular weight excluding hydrogens is 378 g/mol. The van der Waals surface area contributed by atoms with Crippen LogP contribution in [0.15, 0.2) is 24.4 Å². The number of aryl methyl sites for hydroxylation is 2. The summed E-state index contributed by atoms with van der Waals surface area (Å²) in [6.07, 6.45) is 0.970. The second-order valence-electron chi connectivity index (χ2n) is 7.37. The van der Waals surface area contributed by atoms with E-state index in [1.807, 2.05) is 0 Å². The molecule has 1 fully saturated rings. The van der Waals surface area contributed by atoms with E-state index >= 15 is 0 Å². The molecule has 0 aliphatic heterocycles. The van der Waals surface area contributed by atoms with Gasteiger partial charge < -0.3 is 5.32 Å². The number of pyridine rings is 1. The van der Waals surface area contributed by atoms with Gasteiger partial charge in [0, 0.05) is 36.9 Å². The Bertz CT molecular complexity index is 981. The highest BCUT2D eigenvalue weighted by atomic mass is 19.1. The van der Waals surface area contributed by atoms with Crippen LogP contribution < -0.4 is 5.32 Å². The van der Waals surface area contributed by atoms with Crippen LogP contribution in [0.3, 0.4) is 0 Å². The molecule has 2 aromatic rings. The van der Waals surface area contributed by atoms with Crippen molar-refractivity contribution in [1.29, 1.82) is 0 Å². The SMILES string of the molecule is CCNC(=O)CC1CC(=O)C(c2c(C)cc(-c3ncc(F)cc3F)cc2C)C1=O. The van der Waals surface area contributed by atoms with Gasteiger partial charge in [0.2, 0.25) is 5.91 Å². The summed E-state index contributed by atoms with van der Waals surface area (Å²) >= 11 is 0. The zero-order valence-corrected chi connectivity index (χ0v) is 16.5. The number of hydrogen-bond acceptors (Lipinski definition) is 4. The van der Waals surface area contributed by atoms with Gasteiger partial charge in [0.05, 0.1) is 6.20 Å². The Morgan fingerprint density at radius 2 is 1.83 bits per heavy atom. The van der Waals surface area contributed by atoms with Crippen molar-refractivity contribution in [2.45, 2.75) is 39.5 Å². The van der Waals surface area contributed by atoms with Gasteiger partial charge in [-0.25, -0.2) is 8.78 Å². The van der Waals surface area contributed by atoms with Crippen LogP contribution in [0.25, 0.3) is 11.3 Å². The van der Waals surface area contributed by atoms with E-state index < -0.39 is 23.5 Å². The predicted molar refractivity (Wildman–Crippen MR) is 103 cm³/mol. The van der Waals surface area contributed by atoms with E-state index in [0.717, 1.165) is 12.3 Å². The van der Waals surface area contributed by atoms with E-state index in [1.165, 1.54) is 0 Å². The van der Waals surface area contributed by atoms with Gasteiger partial charge in [0.25, 0.3) is 0 Å². The number of halogens is 2. The molecule has 0 saturated heterocycles. The monoisotopic (exact) mass is 400 g/mol. The van der Waals surface area contributed by atoms with Gasteiger partial charge in [-0.15, -0.1) is 0 Å². The first-order valence-corrected chi connectivity index (χ1v) is 9.48. The number of carbonyl (C=O) groups is 3. The maximum absolute atomic E-state index is 14.1. The first kappa shape index (κ1) is 20.8. The Hall–Kier alpha value is -2.96. The summed E-state index contributed by atoms with van der Waals surface area (Å²) in [7, 11) is 0. The number of nitrogens with zero attached hydrogens (tertiary/aromatic N) is 1. The Kier molecular flexibility index (Phi) is 5.86. The maximum atomic E-state index is 14.1. The molecule has 1 saturated carbocycles. The highest BCUT2D eigenvalue weighted by Gasteiger charge is 2.43. The topological polar surface area (TPSA) is 76.1 Å². The second-order valence-corrected chi connectivity index (χ2v) is 7.37. The predicted octanol–water partition coefficient (Wildman–Crippen LogP) is 3.41. The average Bonchev–Trinajstić information content (AvgIpc) is 2.89. The Morgan fingerprint density at radius 3 is 2.41 bits per heavy atom. The fourth-order valence-electron chi connectivity index (χ4n) is 4.02. The third kappa shape index (κ3) is 4.09. The minimum Gasteiger partial charge on any atom is -0.356 e. The fourth-order valence-corrected chi connectivity index (χ4v) is 4.02. The number of carbonyl (C=O) groups excluding carboxylic acids is 3. The molecule has 29 heavy (non-hydrogen) atoms. The zero-order chi connectivity index (χ0) is 21.3. The van der Waals surface area contributed by atoms with Crippen molar-refractivity contribution in [3.8, 4) is 11.3 Å². The van der Waals surface area contributed by atoms with Crippen molar-refractivity contribution in [3.63, 3.8) is 0 Å². The summed E-state index contributed by atoms with van der Waals surface area (Å²) in [5.41, 5.74) is 2.33. The molecule has 0 bridgehead atoms. The molecule has 1 aliphatic carbocycles. The first-order valence-electron chi connectivity index (χ1n) is 9.48. The molecule has 7 heteroatoms. The average molecular weight is 400 g/mol. The third-order valence-corrected chi connectivity index (χ3v) is 5.23. The number of hydrogen-bond donors (Lipinski definition) is 1. The van der Waals surface area contributed by atoms with Gasteiger partial charge in [-0.05, 0) is 49.6 Å². The van der Waals surface area contributed by atoms with E-state index in [1.54, 1.807) is 32.9 Å². The lowest BCUT2D eigenvalue weighted by molar-refractivity contribution is -0.128. The van der Waals surface area contributed by atoms with Crippen LogP contribution in [-0.4, -0.2) is 29.0 Å². The Morgan fingerprint density at radius 1 is 1.17 bits per heavy atom. The number of rotatable bonds is 5. The smallest absolute Gasteiger partial charge is 0.220 e. The van der Waals surface area contributed by atoms with Crippen molar-refractivity contribution >= 4 is 17.5 Å². The number of aromatic nitrogens is 1. The highest BCUT2D eigenvalue weighted by Crippen LogP contribution is 2.38. The maximum Gasteiger partial charge on any atom is 0.220 e. The lowest BCUT2D eigenvalue weighted by Crippen LogP contribution is -2.27. The minimum absolute atomic E-state index is 0.00217. The summed E-state index contributed by atoms with van der Waals surface area (Å²) in [4.78, 5) is 41.2. The highest BCUT2D eigenvalue weighted by molar-refractivity contribution is 6.15. The van der Waals surface area contributed by atoms with Crippen molar-refractivity contribution in [2.24, 2.45) is 5.92 Å². The normalized spacial score (nSPS) is 18.9. The van der Waals surface area contributed by atoms with Gasteiger partial charge in [-0.2, -0.15) is 0 Å². The van der Waals surface area contributed by atoms with Gasteiger partial charge >= 0.3 is 0 Å². The molecule has 2 unspecified atom stereocenters. The molecule has 1 aromatic heterocycles. The molecular formula is C22H22F2N2O3. The lowest BCUT2D eigenvalue weighted by Gasteiger charge is -2.17. The fraction of sp³-hybridized carbons (Fsp3) is 0.364. The van der Waals surface area contributed by atoms with Crippen LogP contribution in [0.5, 0.6) is 0 Å². The summed E-state index contributed by atoms with van der Waals surface area (Å²) in [6.45, 7) is 5.73. The molecule has 0 radical (unpaired) electrons. The van der Waals surface area contributed by atoms with E-state index in [4.69, 9.17) is 0 Å². The minimum atomic E-state index is -0.922. The van der Waals surface area contributed by atoms with Gasteiger partial charge in [0.1, 0.15) is 23.2 Å². The summed E-state index contributed by atoms with van der Waals surface area (Å²) in [5, 5.41) is 2.65. The molecule has 5 nitrogen and oxygen atoms in total. The summed E-state index contributed by atoms with van der Waals surface area (Å²) in [6, 6.07) is 4.05. The number of ketones is 2. The van der Waals surface area contributed by atoms with Crippen molar-refractivity contribution in [1.82, 2.24) is 10.3 Å². The third-order valence-electron chi connectivity index (χ3n) is 5.23. The molecule has 0 spiro atoms. The Balaban J connectivity index is 1.94. The lowest BCUT2D eigenvalue weighted by atomic mass is 9.85. The molecule has 1 aromatic carbocycles. The second kappa shape index (κ2) is 8.19. The molecule has 1 amide bonds. The van der Waals surface area contributed by atoms with Crippen molar-refractivity contribution < 1.29 is 23.2 Å². The van der Waals surface area contributed by atoms with E-state index in [9.17, 15) is 23.2 Å². The Labute approximate surface area is 167 Å². The van der Waals surface area contributed by atoms with Gasteiger partial charge in [-0.3, -0.25) is 19.4 Å². The van der Waals surface area contributed by atoms with Gasteiger partial charge in [0.15, 0.2) is 11.6 Å². The molecule has 1 heterocycles. The number of amides is 1. The van der Waals surface area contributed by atoms with Crippen LogP contribution in [-0.2, 0) is 14.4 Å². The van der Waals surface area contributed by atoms with E-state index in [2.05, 4.69) is 10.3 Å². The number of nitrogens with one attached hydrogen (secondary N) is 1.